The van der Waals surface area contributed by atoms with Gasteiger partial charge in [-0.2, -0.15) is 0 Å². The average molecular weight is 266 g/mol. The van der Waals surface area contributed by atoms with Gasteiger partial charge in [-0.05, 0) is 54.6 Å². The molecule has 2 saturated carbocycles. The molecule has 0 spiro atoms. The van der Waals surface area contributed by atoms with Crippen molar-refractivity contribution in [2.24, 2.45) is 17.3 Å². The Morgan fingerprint density at radius 1 is 1.25 bits per heavy atom. The van der Waals surface area contributed by atoms with E-state index >= 15 is 0 Å². The van der Waals surface area contributed by atoms with E-state index in [1.807, 2.05) is 0 Å². The van der Waals surface area contributed by atoms with Crippen LogP contribution < -0.4 is 0 Å². The molecular weight excluding hydrogens is 244 g/mol. The zero-order chi connectivity index (χ0) is 13.9. The van der Waals surface area contributed by atoms with Crippen LogP contribution in [0.5, 0.6) is 0 Å². The third-order valence-electron chi connectivity index (χ3n) is 6.27. The first-order valence-corrected chi connectivity index (χ1v) is 7.90. The molecular formula is C19H22O. The van der Waals surface area contributed by atoms with Crippen LogP contribution in [0.15, 0.2) is 36.4 Å². The first-order valence-electron chi connectivity index (χ1n) is 7.90. The number of rotatable bonds is 0. The van der Waals surface area contributed by atoms with E-state index < -0.39 is 0 Å². The number of allylic oxidation sites excluding steroid dienone is 1. The van der Waals surface area contributed by atoms with Crippen LogP contribution in [0.4, 0.5) is 0 Å². The van der Waals surface area contributed by atoms with Gasteiger partial charge in [-0.25, -0.2) is 0 Å². The Labute approximate surface area is 121 Å². The first kappa shape index (κ1) is 12.4. The van der Waals surface area contributed by atoms with Gasteiger partial charge in [0, 0.05) is 11.8 Å². The quantitative estimate of drug-likeness (QED) is 0.641. The Morgan fingerprint density at radius 3 is 2.90 bits per heavy atom. The smallest absolute Gasteiger partial charge is 0.143 e. The summed E-state index contributed by atoms with van der Waals surface area (Å²) in [4.78, 5) is 12.4. The van der Waals surface area contributed by atoms with Crippen molar-refractivity contribution in [3.63, 3.8) is 0 Å². The van der Waals surface area contributed by atoms with Crippen LogP contribution >= 0.6 is 0 Å². The third-order valence-corrected chi connectivity index (χ3v) is 6.27. The Balaban J connectivity index is 1.78. The highest BCUT2D eigenvalue weighted by molar-refractivity contribution is 5.91. The number of Topliss-reactive ketones (excluding diaryl/α,β-unsaturated/α-hetero) is 1. The lowest BCUT2D eigenvalue weighted by Crippen LogP contribution is -2.42. The van der Waals surface area contributed by atoms with Crippen LogP contribution in [0.3, 0.4) is 0 Å². The van der Waals surface area contributed by atoms with Gasteiger partial charge in [0.15, 0.2) is 0 Å². The molecule has 0 aromatic heterocycles. The monoisotopic (exact) mass is 266 g/mol. The molecule has 0 heterocycles. The van der Waals surface area contributed by atoms with Gasteiger partial charge in [-0.15, -0.1) is 0 Å². The van der Waals surface area contributed by atoms with Gasteiger partial charge in [0.2, 0.25) is 0 Å². The molecule has 0 amide bonds. The second kappa shape index (κ2) is 4.07. The van der Waals surface area contributed by atoms with Crippen LogP contribution in [0.1, 0.15) is 49.7 Å². The minimum absolute atomic E-state index is 0.107. The molecule has 0 N–H and O–H groups in total. The maximum atomic E-state index is 12.4. The van der Waals surface area contributed by atoms with E-state index in [4.69, 9.17) is 0 Å². The minimum atomic E-state index is -0.107. The maximum absolute atomic E-state index is 12.4. The lowest BCUT2D eigenvalue weighted by atomic mass is 9.55. The predicted octanol–water partition coefficient (Wildman–Crippen LogP) is 4.28. The zero-order valence-corrected chi connectivity index (χ0v) is 12.2. The highest BCUT2D eigenvalue weighted by atomic mass is 16.1. The summed E-state index contributed by atoms with van der Waals surface area (Å²) in [5, 5.41) is 0. The molecule has 1 aromatic rings. The van der Waals surface area contributed by atoms with E-state index in [-0.39, 0.29) is 5.41 Å². The standard InChI is InChI=1S/C19H22O/c1-12-11-17(20)19(2)10-9-15-14-6-4-3-5-13(14)7-8-16(15)18(12)19/h3-6,15-16,18H,1,7-11H2,2H3/t15-,16-,18+,19-/m1/s1. The second-order valence-electron chi connectivity index (χ2n) is 7.20. The molecule has 0 unspecified atom stereocenters. The van der Waals surface area contributed by atoms with Crippen molar-refractivity contribution in [3.05, 3.63) is 47.5 Å². The highest BCUT2D eigenvalue weighted by Crippen LogP contribution is 2.60. The van der Waals surface area contributed by atoms with Crippen molar-refractivity contribution in [2.75, 3.05) is 0 Å². The summed E-state index contributed by atoms with van der Waals surface area (Å²) < 4.78 is 0. The van der Waals surface area contributed by atoms with Gasteiger partial charge in [0.05, 0.1) is 0 Å². The fraction of sp³-hybridized carbons (Fsp3) is 0.526. The fourth-order valence-corrected chi connectivity index (χ4v) is 5.31. The van der Waals surface area contributed by atoms with Crippen molar-refractivity contribution in [1.29, 1.82) is 0 Å². The highest BCUT2D eigenvalue weighted by Gasteiger charge is 2.56. The number of hydrogen-bond acceptors (Lipinski definition) is 1. The van der Waals surface area contributed by atoms with Crippen molar-refractivity contribution in [3.8, 4) is 0 Å². The van der Waals surface area contributed by atoms with Crippen molar-refractivity contribution in [2.45, 2.75) is 44.9 Å². The topological polar surface area (TPSA) is 17.1 Å². The van der Waals surface area contributed by atoms with Crippen LogP contribution in [0.2, 0.25) is 0 Å². The summed E-state index contributed by atoms with van der Waals surface area (Å²) in [6.07, 6.45) is 5.25. The molecule has 0 aliphatic heterocycles. The Morgan fingerprint density at radius 2 is 2.05 bits per heavy atom. The van der Waals surface area contributed by atoms with E-state index in [1.165, 1.54) is 30.4 Å². The average Bonchev–Trinajstić information content (AvgIpc) is 2.69. The number of benzene rings is 1. The molecule has 0 saturated heterocycles. The lowest BCUT2D eigenvalue weighted by Gasteiger charge is -2.48. The SMILES string of the molecule is C=C1CC(=O)[C@@]2(C)CC[C@@H]3c4ccccc4CC[C@H]3[C@H]12. The molecule has 4 atom stereocenters. The van der Waals surface area contributed by atoms with Gasteiger partial charge in [0.25, 0.3) is 0 Å². The normalized spacial score (nSPS) is 39.1. The predicted molar refractivity (Wildman–Crippen MR) is 80.6 cm³/mol. The Kier molecular flexibility index (Phi) is 2.52. The zero-order valence-electron chi connectivity index (χ0n) is 12.2. The third kappa shape index (κ3) is 1.47. The molecule has 0 radical (unpaired) electrons. The number of hydrogen-bond donors (Lipinski definition) is 0. The van der Waals surface area contributed by atoms with Crippen molar-refractivity contribution < 1.29 is 4.79 Å². The van der Waals surface area contributed by atoms with Gasteiger partial charge in [-0.3, -0.25) is 4.79 Å². The van der Waals surface area contributed by atoms with Gasteiger partial charge in [-0.1, -0.05) is 43.3 Å². The molecule has 1 nitrogen and oxygen atoms in total. The van der Waals surface area contributed by atoms with Crippen molar-refractivity contribution in [1.82, 2.24) is 0 Å². The Hall–Kier alpha value is -1.37. The van der Waals surface area contributed by atoms with Gasteiger partial charge >= 0.3 is 0 Å². The first-order chi connectivity index (χ1) is 9.61. The van der Waals surface area contributed by atoms with Gasteiger partial charge in [0.1, 0.15) is 5.78 Å². The molecule has 3 aliphatic carbocycles. The molecule has 3 aliphatic rings. The molecule has 20 heavy (non-hydrogen) atoms. The number of ketones is 1. The van der Waals surface area contributed by atoms with Crippen LogP contribution in [-0.4, -0.2) is 5.78 Å². The number of carbonyl (C=O) groups excluding carboxylic acids is 1. The van der Waals surface area contributed by atoms with Crippen LogP contribution in [0, 0.1) is 17.3 Å². The second-order valence-corrected chi connectivity index (χ2v) is 7.20. The molecule has 1 aromatic carbocycles. The summed E-state index contributed by atoms with van der Waals surface area (Å²) in [5.41, 5.74) is 4.20. The summed E-state index contributed by atoms with van der Waals surface area (Å²) >= 11 is 0. The Bertz CT molecular complexity index is 600. The summed E-state index contributed by atoms with van der Waals surface area (Å²) in [5.74, 6) is 2.18. The van der Waals surface area contributed by atoms with Gasteiger partial charge < -0.3 is 0 Å². The summed E-state index contributed by atoms with van der Waals surface area (Å²) in [6.45, 7) is 6.46. The molecule has 0 bridgehead atoms. The van der Waals surface area contributed by atoms with E-state index in [2.05, 4.69) is 37.8 Å². The van der Waals surface area contributed by atoms with E-state index in [0.29, 0.717) is 30.0 Å². The number of carbonyl (C=O) groups is 1. The summed E-state index contributed by atoms with van der Waals surface area (Å²) in [6, 6.07) is 8.93. The number of fused-ring (bicyclic) bond motifs is 5. The van der Waals surface area contributed by atoms with Crippen molar-refractivity contribution >= 4 is 5.78 Å². The molecule has 4 rings (SSSR count). The lowest BCUT2D eigenvalue weighted by molar-refractivity contribution is -0.129. The maximum Gasteiger partial charge on any atom is 0.143 e. The summed E-state index contributed by atoms with van der Waals surface area (Å²) in [7, 11) is 0. The van der Waals surface area contributed by atoms with E-state index in [0.717, 1.165) is 6.42 Å². The minimum Gasteiger partial charge on any atom is -0.299 e. The molecule has 1 heteroatoms. The van der Waals surface area contributed by atoms with E-state index in [9.17, 15) is 4.79 Å². The molecule has 2 fully saturated rings. The largest absolute Gasteiger partial charge is 0.299 e. The molecule has 104 valence electrons. The van der Waals surface area contributed by atoms with E-state index in [1.54, 1.807) is 5.56 Å². The van der Waals surface area contributed by atoms with Crippen LogP contribution in [0.25, 0.3) is 0 Å². The number of aryl methyl sites for hydroxylation is 1. The fourth-order valence-electron chi connectivity index (χ4n) is 5.31. The van der Waals surface area contributed by atoms with Crippen LogP contribution in [-0.2, 0) is 11.2 Å².